The number of hydrogen-bond acceptors (Lipinski definition) is 8. The number of H-pyrrole nitrogens is 1. The maximum atomic E-state index is 12.5. The Morgan fingerprint density at radius 1 is 1.26 bits per heavy atom. The molecule has 1 saturated heterocycles. The average Bonchev–Trinajstić information content (AvgIpc) is 3.03. The molecule has 9 nitrogen and oxygen atoms in total. The highest BCUT2D eigenvalue weighted by Crippen LogP contribution is 2.23. The zero-order valence-electron chi connectivity index (χ0n) is 19.4. The highest BCUT2D eigenvalue weighted by Gasteiger charge is 2.27. The maximum absolute atomic E-state index is 12.5. The first-order chi connectivity index (χ1) is 14.6. The first-order valence-electron chi connectivity index (χ1n) is 10.8. The number of morpholine rings is 1. The van der Waals surface area contributed by atoms with Crippen molar-refractivity contribution in [3.8, 4) is 0 Å². The number of aryl methyl sites for hydroxylation is 1. The molecule has 1 aliphatic rings. The zero-order valence-corrected chi connectivity index (χ0v) is 19.4. The summed E-state index contributed by atoms with van der Waals surface area (Å²) >= 11 is 0. The summed E-state index contributed by atoms with van der Waals surface area (Å²) in [5, 5.41) is 13.4. The second-order valence-electron chi connectivity index (χ2n) is 8.85. The van der Waals surface area contributed by atoms with Crippen LogP contribution < -0.4 is 5.32 Å². The van der Waals surface area contributed by atoms with Crippen LogP contribution in [-0.2, 0) is 20.6 Å². The van der Waals surface area contributed by atoms with E-state index in [1.54, 1.807) is 27.7 Å². The molecule has 0 radical (unpaired) electrons. The first-order valence-corrected chi connectivity index (χ1v) is 10.8. The van der Waals surface area contributed by atoms with Crippen molar-refractivity contribution in [3.05, 3.63) is 22.5 Å². The Hall–Kier alpha value is -1.94. The van der Waals surface area contributed by atoms with Crippen LogP contribution >= 0.6 is 0 Å². The predicted octanol–water partition coefficient (Wildman–Crippen LogP) is 1.28. The Labute approximate surface area is 184 Å². The van der Waals surface area contributed by atoms with E-state index < -0.39 is 23.6 Å². The zero-order chi connectivity index (χ0) is 23.0. The molecule has 9 heteroatoms. The number of aliphatic hydroxyl groups is 1. The van der Waals surface area contributed by atoms with Gasteiger partial charge in [0.15, 0.2) is 0 Å². The number of nitrogens with one attached hydrogen (secondary N) is 2. The summed E-state index contributed by atoms with van der Waals surface area (Å²) in [5.74, 6) is -0.974. The molecule has 1 fully saturated rings. The molecule has 0 amide bonds. The topological polar surface area (TPSA) is 113 Å². The van der Waals surface area contributed by atoms with Gasteiger partial charge in [-0.15, -0.1) is 0 Å². The SMILES string of the molecule is COC(=O)c1c(CCCNC[C@H](O)CN2CCOCC2)[nH]c(C(=O)OC(C)(C)C)c1C. The molecule has 3 N–H and O–H groups in total. The lowest BCUT2D eigenvalue weighted by Gasteiger charge is -2.28. The molecule has 31 heavy (non-hydrogen) atoms. The number of β-amino-alcohol motifs (C(OH)–C–C–N with tert-alkyl or cyclic N) is 1. The van der Waals surface area contributed by atoms with Crippen LogP contribution in [0, 0.1) is 6.92 Å². The molecule has 2 heterocycles. The van der Waals surface area contributed by atoms with Crippen molar-refractivity contribution in [3.63, 3.8) is 0 Å². The van der Waals surface area contributed by atoms with Gasteiger partial charge in [-0.3, -0.25) is 4.90 Å². The minimum atomic E-state index is -0.633. The molecule has 1 aliphatic heterocycles. The van der Waals surface area contributed by atoms with Crippen LogP contribution in [0.4, 0.5) is 0 Å². The number of aliphatic hydroxyl groups excluding tert-OH is 1. The van der Waals surface area contributed by atoms with E-state index in [9.17, 15) is 14.7 Å². The molecule has 1 aromatic rings. The predicted molar refractivity (Wildman–Crippen MR) is 116 cm³/mol. The van der Waals surface area contributed by atoms with E-state index in [1.165, 1.54) is 7.11 Å². The summed E-state index contributed by atoms with van der Waals surface area (Å²) in [7, 11) is 1.32. The highest BCUT2D eigenvalue weighted by molar-refractivity contribution is 5.98. The Balaban J connectivity index is 1.89. The fourth-order valence-electron chi connectivity index (χ4n) is 3.56. The Morgan fingerprint density at radius 2 is 1.94 bits per heavy atom. The van der Waals surface area contributed by atoms with E-state index >= 15 is 0 Å². The van der Waals surface area contributed by atoms with Crippen LogP contribution in [-0.4, -0.2) is 91.7 Å². The van der Waals surface area contributed by atoms with E-state index in [0.717, 1.165) is 19.5 Å². The Kier molecular flexibility index (Phi) is 9.49. The molecule has 0 aliphatic carbocycles. The summed E-state index contributed by atoms with van der Waals surface area (Å²) in [6.07, 6.45) is 0.832. The molecule has 1 aromatic heterocycles. The fraction of sp³-hybridized carbons (Fsp3) is 0.727. The van der Waals surface area contributed by atoms with Gasteiger partial charge < -0.3 is 29.6 Å². The lowest BCUT2D eigenvalue weighted by molar-refractivity contribution is 0.00622. The van der Waals surface area contributed by atoms with Gasteiger partial charge in [0, 0.05) is 31.9 Å². The summed E-state index contributed by atoms with van der Waals surface area (Å²) in [6.45, 7) is 12.0. The number of carbonyl (C=O) groups is 2. The van der Waals surface area contributed by atoms with Crippen LogP contribution in [0.3, 0.4) is 0 Å². The van der Waals surface area contributed by atoms with Crippen LogP contribution in [0.2, 0.25) is 0 Å². The quantitative estimate of drug-likeness (QED) is 0.369. The lowest BCUT2D eigenvalue weighted by atomic mass is 10.1. The number of ether oxygens (including phenoxy) is 3. The van der Waals surface area contributed by atoms with Crippen LogP contribution in [0.5, 0.6) is 0 Å². The first kappa shape index (κ1) is 25.3. The molecule has 1 atom stereocenters. The number of nitrogens with zero attached hydrogens (tertiary/aromatic N) is 1. The van der Waals surface area contributed by atoms with Gasteiger partial charge in [-0.05, 0) is 52.6 Å². The van der Waals surface area contributed by atoms with E-state index in [-0.39, 0.29) is 5.69 Å². The minimum absolute atomic E-state index is 0.277. The summed E-state index contributed by atoms with van der Waals surface area (Å²) in [5.41, 5.74) is 1.22. The normalized spacial score (nSPS) is 16.2. The summed E-state index contributed by atoms with van der Waals surface area (Å²) in [4.78, 5) is 30.1. The van der Waals surface area contributed by atoms with Gasteiger partial charge in [0.2, 0.25) is 0 Å². The second kappa shape index (κ2) is 11.6. The number of methoxy groups -OCH3 is 1. The van der Waals surface area contributed by atoms with Gasteiger partial charge in [-0.25, -0.2) is 9.59 Å². The molecule has 0 unspecified atom stereocenters. The van der Waals surface area contributed by atoms with Crippen LogP contribution in [0.15, 0.2) is 0 Å². The average molecular weight is 440 g/mol. The van der Waals surface area contributed by atoms with Gasteiger partial charge >= 0.3 is 11.9 Å². The number of aromatic amines is 1. The van der Waals surface area contributed by atoms with Gasteiger partial charge in [-0.1, -0.05) is 0 Å². The third kappa shape index (κ3) is 7.92. The van der Waals surface area contributed by atoms with Gasteiger partial charge in [-0.2, -0.15) is 0 Å². The van der Waals surface area contributed by atoms with Gasteiger partial charge in [0.1, 0.15) is 11.3 Å². The van der Waals surface area contributed by atoms with Crippen molar-refractivity contribution in [2.45, 2.75) is 52.2 Å². The summed E-state index contributed by atoms with van der Waals surface area (Å²) < 4.78 is 15.7. The minimum Gasteiger partial charge on any atom is -0.465 e. The largest absolute Gasteiger partial charge is 0.465 e. The number of hydrogen-bond donors (Lipinski definition) is 3. The molecule has 2 rings (SSSR count). The Morgan fingerprint density at radius 3 is 2.55 bits per heavy atom. The van der Waals surface area contributed by atoms with Crippen LogP contribution in [0.25, 0.3) is 0 Å². The van der Waals surface area contributed by atoms with Crippen molar-refractivity contribution >= 4 is 11.9 Å². The number of carbonyl (C=O) groups excluding carboxylic acids is 2. The molecule has 176 valence electrons. The lowest BCUT2D eigenvalue weighted by Crippen LogP contribution is -2.43. The molecule has 0 saturated carbocycles. The van der Waals surface area contributed by atoms with Crippen molar-refractivity contribution in [2.24, 2.45) is 0 Å². The molecular formula is C22H37N3O6. The second-order valence-corrected chi connectivity index (χ2v) is 8.85. The number of esters is 2. The third-order valence-corrected chi connectivity index (χ3v) is 5.05. The van der Waals surface area contributed by atoms with Gasteiger partial charge in [0.25, 0.3) is 0 Å². The molecular weight excluding hydrogens is 402 g/mol. The Bertz CT molecular complexity index is 734. The fourth-order valence-corrected chi connectivity index (χ4v) is 3.56. The van der Waals surface area contributed by atoms with Crippen molar-refractivity contribution in [1.29, 1.82) is 0 Å². The molecule has 0 bridgehead atoms. The van der Waals surface area contributed by atoms with Crippen molar-refractivity contribution < 1.29 is 28.9 Å². The summed E-state index contributed by atoms with van der Waals surface area (Å²) in [6, 6.07) is 0. The van der Waals surface area contributed by atoms with E-state index in [0.29, 0.717) is 56.1 Å². The number of rotatable bonds is 10. The monoisotopic (exact) mass is 439 g/mol. The smallest absolute Gasteiger partial charge is 0.355 e. The van der Waals surface area contributed by atoms with E-state index in [2.05, 4.69) is 15.2 Å². The van der Waals surface area contributed by atoms with E-state index in [1.807, 2.05) is 0 Å². The maximum Gasteiger partial charge on any atom is 0.355 e. The van der Waals surface area contributed by atoms with E-state index in [4.69, 9.17) is 14.2 Å². The molecule has 0 spiro atoms. The van der Waals surface area contributed by atoms with Gasteiger partial charge in [0.05, 0.1) is 32.0 Å². The third-order valence-electron chi connectivity index (χ3n) is 5.05. The number of aromatic nitrogens is 1. The van der Waals surface area contributed by atoms with Crippen LogP contribution in [0.1, 0.15) is 59.3 Å². The molecule has 0 aromatic carbocycles. The van der Waals surface area contributed by atoms with Crippen molar-refractivity contribution in [1.82, 2.24) is 15.2 Å². The highest BCUT2D eigenvalue weighted by atomic mass is 16.6. The standard InChI is InChI=1S/C22H37N3O6/c1-15-18(20(27)29-5)17(24-19(15)21(28)31-22(2,3)4)7-6-8-23-13-16(26)14-25-9-11-30-12-10-25/h16,23-24,26H,6-14H2,1-5H3/t16-/m0/s1. The van der Waals surface area contributed by atoms with Crippen molar-refractivity contribution in [2.75, 3.05) is 53.0 Å².